The van der Waals surface area contributed by atoms with Crippen LogP contribution in [0.1, 0.15) is 6.92 Å². The second-order valence-corrected chi connectivity index (χ2v) is 1.90. The third-order valence-corrected chi connectivity index (χ3v) is 0.863. The lowest BCUT2D eigenvalue weighted by Gasteiger charge is -2.18. The van der Waals surface area contributed by atoms with Gasteiger partial charge in [0.1, 0.15) is 0 Å². The predicted octanol–water partition coefficient (Wildman–Crippen LogP) is 1.75. The lowest BCUT2D eigenvalue weighted by atomic mass is 10.3. The second-order valence-electron chi connectivity index (χ2n) is 1.90. The van der Waals surface area contributed by atoms with Gasteiger partial charge in [0.2, 0.25) is 0 Å². The Morgan fingerprint density at radius 3 is 2.00 bits per heavy atom. The monoisotopic (exact) mass is 192 g/mol. The quantitative estimate of drug-likeness (QED) is 0.503. The molecule has 0 N–H and O–H groups in total. The lowest BCUT2D eigenvalue weighted by molar-refractivity contribution is -0.243. The van der Waals surface area contributed by atoms with Crippen molar-refractivity contribution in [2.75, 3.05) is 0 Å². The smallest absolute Gasteiger partial charge is 0.372 e. The molecule has 1 atom stereocenters. The number of esters is 1. The van der Waals surface area contributed by atoms with Gasteiger partial charge in [-0.1, -0.05) is 0 Å². The number of carbonyl (C=O) groups excluding carboxylic acids is 1. The molecule has 0 spiro atoms. The molecule has 72 valence electrons. The van der Waals surface area contributed by atoms with Gasteiger partial charge in [-0.2, -0.15) is 13.2 Å². The number of halogens is 5. The summed E-state index contributed by atoms with van der Waals surface area (Å²) >= 11 is 0. The van der Waals surface area contributed by atoms with E-state index in [1.54, 1.807) is 0 Å². The highest BCUT2D eigenvalue weighted by molar-refractivity contribution is 5.66. The highest BCUT2D eigenvalue weighted by Gasteiger charge is 2.51. The average molecular weight is 192 g/mol. The van der Waals surface area contributed by atoms with Crippen LogP contribution in [0.2, 0.25) is 0 Å². The SMILES string of the molecule is CC(=O)OC(F)C(F)(F)C(F)F. The number of hydrogen-bond donors (Lipinski definition) is 0. The Morgan fingerprint density at radius 2 is 1.75 bits per heavy atom. The lowest BCUT2D eigenvalue weighted by Crippen LogP contribution is -2.40. The fourth-order valence-corrected chi connectivity index (χ4v) is 0.323. The fourth-order valence-electron chi connectivity index (χ4n) is 0.323. The average Bonchev–Trinajstić information content (AvgIpc) is 1.85. The third-order valence-electron chi connectivity index (χ3n) is 0.863. The van der Waals surface area contributed by atoms with Crippen LogP contribution in [0, 0.1) is 0 Å². The highest BCUT2D eigenvalue weighted by Crippen LogP contribution is 2.29. The van der Waals surface area contributed by atoms with Crippen LogP contribution in [0.5, 0.6) is 0 Å². The summed E-state index contributed by atoms with van der Waals surface area (Å²) in [5, 5.41) is 0. The predicted molar refractivity (Wildman–Crippen MR) is 27.6 cm³/mol. The molecule has 0 bridgehead atoms. The number of alkyl halides is 5. The van der Waals surface area contributed by atoms with Gasteiger partial charge < -0.3 is 4.74 Å². The van der Waals surface area contributed by atoms with Gasteiger partial charge >= 0.3 is 24.7 Å². The van der Waals surface area contributed by atoms with Gasteiger partial charge in [0, 0.05) is 6.92 Å². The first-order valence-electron chi connectivity index (χ1n) is 2.75. The van der Waals surface area contributed by atoms with Gasteiger partial charge in [-0.15, -0.1) is 0 Å². The first-order chi connectivity index (χ1) is 5.28. The Hall–Kier alpha value is -0.880. The molecule has 0 aliphatic heterocycles. The van der Waals surface area contributed by atoms with Crippen molar-refractivity contribution in [1.29, 1.82) is 0 Å². The van der Waals surface area contributed by atoms with Crippen molar-refractivity contribution in [1.82, 2.24) is 0 Å². The zero-order valence-electron chi connectivity index (χ0n) is 5.86. The molecule has 0 radical (unpaired) electrons. The zero-order chi connectivity index (χ0) is 9.94. The molecule has 0 aromatic rings. The molecule has 0 aromatic carbocycles. The minimum Gasteiger partial charge on any atom is -0.424 e. The summed E-state index contributed by atoms with van der Waals surface area (Å²) in [5.41, 5.74) is 0. The Labute approximate surface area is 64.3 Å². The molecule has 0 aliphatic rings. The van der Waals surface area contributed by atoms with E-state index in [2.05, 4.69) is 4.74 Å². The van der Waals surface area contributed by atoms with E-state index in [9.17, 15) is 26.7 Å². The van der Waals surface area contributed by atoms with E-state index in [0.29, 0.717) is 6.92 Å². The van der Waals surface area contributed by atoms with E-state index in [4.69, 9.17) is 0 Å². The normalized spacial score (nSPS) is 14.6. The molecule has 0 saturated carbocycles. The second kappa shape index (κ2) is 3.68. The van der Waals surface area contributed by atoms with E-state index >= 15 is 0 Å². The number of carbonyl (C=O) groups is 1. The van der Waals surface area contributed by atoms with E-state index in [0.717, 1.165) is 0 Å². The van der Waals surface area contributed by atoms with Crippen molar-refractivity contribution in [3.63, 3.8) is 0 Å². The number of ether oxygens (including phenoxy) is 1. The Morgan fingerprint density at radius 1 is 1.33 bits per heavy atom. The minimum atomic E-state index is -4.95. The van der Waals surface area contributed by atoms with Crippen LogP contribution < -0.4 is 0 Å². The van der Waals surface area contributed by atoms with Crippen LogP contribution in [0.3, 0.4) is 0 Å². The fraction of sp³-hybridized carbons (Fsp3) is 0.800. The first-order valence-corrected chi connectivity index (χ1v) is 2.75. The molecular weight excluding hydrogens is 187 g/mol. The summed E-state index contributed by atoms with van der Waals surface area (Å²) in [7, 11) is 0. The van der Waals surface area contributed by atoms with Gasteiger partial charge in [-0.05, 0) is 0 Å². The molecule has 0 amide bonds. The summed E-state index contributed by atoms with van der Waals surface area (Å²) < 4.78 is 61.7. The molecule has 0 aliphatic carbocycles. The van der Waals surface area contributed by atoms with Crippen LogP contribution in [0.25, 0.3) is 0 Å². The van der Waals surface area contributed by atoms with Crippen molar-refractivity contribution >= 4 is 5.97 Å². The number of hydrogen-bond acceptors (Lipinski definition) is 2. The molecule has 0 heterocycles. The van der Waals surface area contributed by atoms with Crippen LogP contribution in [0.15, 0.2) is 0 Å². The van der Waals surface area contributed by atoms with Gasteiger partial charge in [0.05, 0.1) is 0 Å². The van der Waals surface area contributed by atoms with Gasteiger partial charge in [-0.25, -0.2) is 8.78 Å². The van der Waals surface area contributed by atoms with E-state index in [1.807, 2.05) is 0 Å². The van der Waals surface area contributed by atoms with Crippen molar-refractivity contribution in [3.8, 4) is 0 Å². The van der Waals surface area contributed by atoms with Crippen molar-refractivity contribution in [3.05, 3.63) is 0 Å². The molecule has 12 heavy (non-hydrogen) atoms. The van der Waals surface area contributed by atoms with Gasteiger partial charge in [-0.3, -0.25) is 4.79 Å². The number of rotatable bonds is 3. The van der Waals surface area contributed by atoms with Crippen LogP contribution >= 0.6 is 0 Å². The first kappa shape index (κ1) is 11.1. The molecule has 0 aromatic heterocycles. The van der Waals surface area contributed by atoms with Crippen molar-refractivity contribution in [2.24, 2.45) is 0 Å². The standard InChI is InChI=1S/C5H5F5O2/c1-2(11)12-4(8)5(9,10)3(6)7/h3-4H,1H3. The summed E-state index contributed by atoms with van der Waals surface area (Å²) in [6, 6.07) is 0. The topological polar surface area (TPSA) is 26.3 Å². The van der Waals surface area contributed by atoms with Gasteiger partial charge in [0.15, 0.2) is 0 Å². The molecule has 1 unspecified atom stereocenters. The summed E-state index contributed by atoms with van der Waals surface area (Å²) in [6.07, 6.45) is -7.80. The van der Waals surface area contributed by atoms with Crippen LogP contribution in [0.4, 0.5) is 22.0 Å². The summed E-state index contributed by atoms with van der Waals surface area (Å²) in [6.45, 7) is 0.633. The van der Waals surface area contributed by atoms with Crippen molar-refractivity contribution in [2.45, 2.75) is 25.6 Å². The molecule has 2 nitrogen and oxygen atoms in total. The molecule has 0 fully saturated rings. The highest BCUT2D eigenvalue weighted by atomic mass is 19.3. The molecule has 0 saturated heterocycles. The van der Waals surface area contributed by atoms with Crippen molar-refractivity contribution < 1.29 is 31.5 Å². The minimum absolute atomic E-state index is 0.633. The molecule has 0 rings (SSSR count). The maximum absolute atomic E-state index is 12.0. The third kappa shape index (κ3) is 2.63. The van der Waals surface area contributed by atoms with E-state index in [1.165, 1.54) is 0 Å². The Kier molecular flexibility index (Phi) is 3.41. The van der Waals surface area contributed by atoms with Crippen LogP contribution in [-0.2, 0) is 9.53 Å². The molecule has 7 heteroatoms. The Balaban J connectivity index is 4.24. The Bertz CT molecular complexity index is 169. The molecular formula is C5H5F5O2. The maximum Gasteiger partial charge on any atom is 0.372 e. The largest absolute Gasteiger partial charge is 0.424 e. The summed E-state index contributed by atoms with van der Waals surface area (Å²) in [4.78, 5) is 9.88. The van der Waals surface area contributed by atoms with Crippen LogP contribution in [-0.4, -0.2) is 24.7 Å². The van der Waals surface area contributed by atoms with E-state index < -0.39 is 24.7 Å². The van der Waals surface area contributed by atoms with E-state index in [-0.39, 0.29) is 0 Å². The zero-order valence-corrected chi connectivity index (χ0v) is 5.86. The summed E-state index contributed by atoms with van der Waals surface area (Å²) in [5.74, 6) is -6.34. The maximum atomic E-state index is 12.0. The van der Waals surface area contributed by atoms with Gasteiger partial charge in [0.25, 0.3) is 0 Å².